The molecule has 5 nitrogen and oxygen atoms in total. The minimum atomic E-state index is -1.24. The van der Waals surface area contributed by atoms with Gasteiger partial charge in [-0.1, -0.05) is 0 Å². The Kier molecular flexibility index (Phi) is 3.03. The molecule has 0 unspecified atom stereocenters. The lowest BCUT2D eigenvalue weighted by atomic mass is 9.96. The summed E-state index contributed by atoms with van der Waals surface area (Å²) in [6.07, 6.45) is -4.94. The first-order valence-electron chi connectivity index (χ1n) is 3.88. The molecule has 5 atom stereocenters. The Morgan fingerprint density at radius 2 is 1.67 bits per heavy atom. The third-order valence-corrected chi connectivity index (χ3v) is 2.13. The molecule has 5 heteroatoms. The van der Waals surface area contributed by atoms with Crippen molar-refractivity contribution < 1.29 is 25.2 Å². The fourth-order valence-corrected chi connectivity index (χ4v) is 1.29. The van der Waals surface area contributed by atoms with E-state index >= 15 is 0 Å². The van der Waals surface area contributed by atoms with Gasteiger partial charge in [0, 0.05) is 0 Å². The van der Waals surface area contributed by atoms with Gasteiger partial charge in [-0.05, 0) is 6.92 Å². The predicted molar refractivity (Wildman–Crippen MR) is 39.4 cm³/mol. The fourth-order valence-electron chi connectivity index (χ4n) is 1.29. The Balaban J connectivity index is 2.63. The van der Waals surface area contributed by atoms with Crippen LogP contribution in [0.3, 0.4) is 0 Å². The molecule has 1 heterocycles. The summed E-state index contributed by atoms with van der Waals surface area (Å²) in [4.78, 5) is 0. The molecule has 0 aromatic rings. The van der Waals surface area contributed by atoms with Crippen molar-refractivity contribution in [3.8, 4) is 0 Å². The monoisotopic (exact) mass is 178 g/mol. The number of hydrogen-bond donors (Lipinski definition) is 4. The Hall–Kier alpha value is -0.200. The van der Waals surface area contributed by atoms with Gasteiger partial charge in [0.25, 0.3) is 0 Å². The minimum Gasteiger partial charge on any atom is -0.394 e. The van der Waals surface area contributed by atoms with Crippen LogP contribution in [0.5, 0.6) is 0 Å². The molecule has 1 rings (SSSR count). The maximum Gasteiger partial charge on any atom is 0.111 e. The second kappa shape index (κ2) is 3.68. The summed E-state index contributed by atoms with van der Waals surface area (Å²) < 4.78 is 5.02. The van der Waals surface area contributed by atoms with Gasteiger partial charge in [0.1, 0.15) is 24.4 Å². The van der Waals surface area contributed by atoms with Gasteiger partial charge in [0.15, 0.2) is 0 Å². The fraction of sp³-hybridized carbons (Fsp3) is 1.00. The molecule has 1 aliphatic rings. The minimum absolute atomic E-state index is 0.366. The number of aliphatic hydroxyl groups is 4. The predicted octanol–water partition coefficient (Wildman–Crippen LogP) is -2.15. The quantitative estimate of drug-likeness (QED) is 0.367. The van der Waals surface area contributed by atoms with E-state index in [2.05, 4.69) is 0 Å². The van der Waals surface area contributed by atoms with Gasteiger partial charge in [-0.15, -0.1) is 0 Å². The Labute approximate surface area is 70.2 Å². The second-order valence-electron chi connectivity index (χ2n) is 3.03. The lowest BCUT2D eigenvalue weighted by Gasteiger charge is -2.38. The highest BCUT2D eigenvalue weighted by Crippen LogP contribution is 2.20. The van der Waals surface area contributed by atoms with E-state index < -0.39 is 30.5 Å². The van der Waals surface area contributed by atoms with E-state index in [1.165, 1.54) is 0 Å². The van der Waals surface area contributed by atoms with Crippen molar-refractivity contribution in [2.45, 2.75) is 37.4 Å². The molecule has 1 fully saturated rings. The van der Waals surface area contributed by atoms with E-state index in [0.29, 0.717) is 0 Å². The Morgan fingerprint density at radius 3 is 2.17 bits per heavy atom. The summed E-state index contributed by atoms with van der Waals surface area (Å²) in [5.41, 5.74) is 0. The topological polar surface area (TPSA) is 90.2 Å². The highest BCUT2D eigenvalue weighted by atomic mass is 16.5. The zero-order chi connectivity index (χ0) is 9.30. The summed E-state index contributed by atoms with van der Waals surface area (Å²) in [6, 6.07) is 0. The van der Waals surface area contributed by atoms with E-state index in [-0.39, 0.29) is 6.61 Å². The molecule has 12 heavy (non-hydrogen) atoms. The third-order valence-electron chi connectivity index (χ3n) is 2.13. The van der Waals surface area contributed by atoms with Crippen molar-refractivity contribution in [1.29, 1.82) is 0 Å². The van der Waals surface area contributed by atoms with Crippen LogP contribution in [0.2, 0.25) is 0 Å². The molecular formula is C7H14O5. The highest BCUT2D eigenvalue weighted by molar-refractivity contribution is 4.89. The Morgan fingerprint density at radius 1 is 1.08 bits per heavy atom. The molecule has 0 aromatic carbocycles. The summed E-state index contributed by atoms with van der Waals surface area (Å²) in [5.74, 6) is 0. The maximum atomic E-state index is 9.23. The van der Waals surface area contributed by atoms with Gasteiger partial charge in [-0.3, -0.25) is 0 Å². The molecule has 1 aliphatic heterocycles. The number of hydrogen-bond acceptors (Lipinski definition) is 5. The molecule has 72 valence electrons. The van der Waals surface area contributed by atoms with E-state index in [0.717, 1.165) is 0 Å². The van der Waals surface area contributed by atoms with Gasteiger partial charge < -0.3 is 25.2 Å². The van der Waals surface area contributed by atoms with Gasteiger partial charge in [-0.2, -0.15) is 0 Å². The van der Waals surface area contributed by atoms with Gasteiger partial charge >= 0.3 is 0 Å². The summed E-state index contributed by atoms with van der Waals surface area (Å²) in [7, 11) is 0. The van der Waals surface area contributed by atoms with E-state index in [1.54, 1.807) is 6.92 Å². The molecule has 1 saturated heterocycles. The first-order valence-corrected chi connectivity index (χ1v) is 3.88. The lowest BCUT2D eigenvalue weighted by Crippen LogP contribution is -2.57. The van der Waals surface area contributed by atoms with Crippen LogP contribution >= 0.6 is 0 Å². The van der Waals surface area contributed by atoms with Crippen molar-refractivity contribution >= 4 is 0 Å². The van der Waals surface area contributed by atoms with Crippen molar-refractivity contribution in [3.05, 3.63) is 0 Å². The molecule has 0 radical (unpaired) electrons. The molecule has 0 spiro atoms. The van der Waals surface area contributed by atoms with E-state index in [4.69, 9.17) is 9.84 Å². The second-order valence-corrected chi connectivity index (χ2v) is 3.03. The zero-order valence-corrected chi connectivity index (χ0v) is 6.79. The van der Waals surface area contributed by atoms with Crippen LogP contribution in [0.15, 0.2) is 0 Å². The third kappa shape index (κ3) is 1.60. The summed E-state index contributed by atoms with van der Waals surface area (Å²) in [6.45, 7) is 1.21. The number of rotatable bonds is 1. The van der Waals surface area contributed by atoms with Crippen LogP contribution in [0.4, 0.5) is 0 Å². The van der Waals surface area contributed by atoms with Crippen LogP contribution < -0.4 is 0 Å². The molecular weight excluding hydrogens is 164 g/mol. The van der Waals surface area contributed by atoms with Crippen LogP contribution in [0.1, 0.15) is 6.92 Å². The SMILES string of the molecule is C[C@@H]1O[C@H](CO)[C@H](O)[C@@H](O)[C@H]1O. The van der Waals surface area contributed by atoms with Crippen LogP contribution in [0, 0.1) is 0 Å². The van der Waals surface area contributed by atoms with Crippen LogP contribution in [0.25, 0.3) is 0 Å². The van der Waals surface area contributed by atoms with Crippen LogP contribution in [-0.4, -0.2) is 57.6 Å². The molecule has 0 bridgehead atoms. The highest BCUT2D eigenvalue weighted by Gasteiger charge is 2.41. The molecule has 0 aliphatic carbocycles. The average molecular weight is 178 g/mol. The first-order chi connectivity index (χ1) is 5.57. The van der Waals surface area contributed by atoms with E-state index in [1.807, 2.05) is 0 Å². The van der Waals surface area contributed by atoms with Gasteiger partial charge in [-0.25, -0.2) is 0 Å². The normalized spacial score (nSPS) is 49.2. The molecule has 0 saturated carbocycles. The zero-order valence-electron chi connectivity index (χ0n) is 6.79. The van der Waals surface area contributed by atoms with Crippen molar-refractivity contribution in [2.24, 2.45) is 0 Å². The largest absolute Gasteiger partial charge is 0.394 e. The van der Waals surface area contributed by atoms with Crippen LogP contribution in [-0.2, 0) is 4.74 Å². The molecule has 0 aromatic heterocycles. The average Bonchev–Trinajstić information content (AvgIpc) is 2.08. The lowest BCUT2D eigenvalue weighted by molar-refractivity contribution is -0.224. The standard InChI is InChI=1S/C7H14O5/c1-3-5(9)7(11)6(10)4(2-8)12-3/h3-11H,2H2,1H3/t3-,4+,5-,6-,7-/m0/s1. The van der Waals surface area contributed by atoms with Gasteiger partial charge in [0.05, 0.1) is 12.7 Å². The maximum absolute atomic E-state index is 9.23. The van der Waals surface area contributed by atoms with Crippen molar-refractivity contribution in [3.63, 3.8) is 0 Å². The smallest absolute Gasteiger partial charge is 0.111 e. The number of aliphatic hydroxyl groups excluding tert-OH is 4. The number of ether oxygens (including phenoxy) is 1. The van der Waals surface area contributed by atoms with Crippen molar-refractivity contribution in [1.82, 2.24) is 0 Å². The Bertz CT molecular complexity index is 146. The van der Waals surface area contributed by atoms with Crippen molar-refractivity contribution in [2.75, 3.05) is 6.61 Å². The molecule has 0 amide bonds. The summed E-state index contributed by atoms with van der Waals surface area (Å²) >= 11 is 0. The molecule has 4 N–H and O–H groups in total. The summed E-state index contributed by atoms with van der Waals surface area (Å²) in [5, 5.41) is 36.4. The van der Waals surface area contributed by atoms with Gasteiger partial charge in [0.2, 0.25) is 0 Å². The van der Waals surface area contributed by atoms with E-state index in [9.17, 15) is 15.3 Å². The first kappa shape index (κ1) is 9.88.